The van der Waals surface area contributed by atoms with E-state index < -0.39 is 42.0 Å². The van der Waals surface area contributed by atoms with E-state index in [1.54, 1.807) is 24.3 Å². The Morgan fingerprint density at radius 2 is 1.56 bits per heavy atom. The van der Waals surface area contributed by atoms with Crippen molar-refractivity contribution in [3.05, 3.63) is 77.6 Å². The maximum absolute atomic E-state index is 13.6. The molecule has 3 aromatic carbocycles. The summed E-state index contributed by atoms with van der Waals surface area (Å²) < 4.78 is 31.6. The van der Waals surface area contributed by atoms with Crippen molar-refractivity contribution in [3.63, 3.8) is 0 Å². The van der Waals surface area contributed by atoms with Crippen LogP contribution < -0.4 is 19.7 Å². The Bertz CT molecular complexity index is 1630. The number of nitrogens with zero attached hydrogens (tertiary/aromatic N) is 2. The molecule has 3 N–H and O–H groups in total. The molecule has 12 nitrogen and oxygen atoms in total. The summed E-state index contributed by atoms with van der Waals surface area (Å²) in [6, 6.07) is 14.7. The van der Waals surface area contributed by atoms with Crippen molar-refractivity contribution in [1.29, 1.82) is 0 Å². The summed E-state index contributed by atoms with van der Waals surface area (Å²) >= 11 is 0. The number of ether oxygens (including phenoxy) is 3. The summed E-state index contributed by atoms with van der Waals surface area (Å²) in [4.78, 5) is 51.5. The van der Waals surface area contributed by atoms with Crippen LogP contribution in [0.2, 0.25) is 0 Å². The molecule has 0 saturated carbocycles. The summed E-state index contributed by atoms with van der Waals surface area (Å²) in [5, 5.41) is 20.3. The van der Waals surface area contributed by atoms with Crippen molar-refractivity contribution < 1.29 is 48.0 Å². The fourth-order valence-corrected chi connectivity index (χ4v) is 6.04. The molecule has 0 aliphatic carbocycles. The van der Waals surface area contributed by atoms with Gasteiger partial charge in [-0.2, -0.15) is 0 Å². The first-order valence-electron chi connectivity index (χ1n) is 15.8. The van der Waals surface area contributed by atoms with Crippen LogP contribution >= 0.6 is 0 Å². The number of hydrogen-bond donors (Lipinski definition) is 3. The lowest BCUT2D eigenvalue weighted by molar-refractivity contribution is -0.145. The molecule has 254 valence electrons. The standard InChI is InChI=1S/C35H38FN3O9/c1-3-46-28-17-22(18-29(47-4-2)31(28)23-5-9-25(36)10-6-23)20-38-15-13-35(14-16-38)21-39(34(45)48-35)26-11-7-24(8-12-26)32(42)37-27(33(43)44)19-30(40)41/h5-12,17-18,27H,3-4,13-16,19-21H2,1-2H3,(H,37,42)(H,40,41)(H,43,44). The Labute approximate surface area is 277 Å². The van der Waals surface area contributed by atoms with E-state index >= 15 is 0 Å². The Hall–Kier alpha value is -5.17. The maximum atomic E-state index is 13.6. The topological polar surface area (TPSA) is 155 Å². The van der Waals surface area contributed by atoms with E-state index in [1.807, 2.05) is 26.0 Å². The van der Waals surface area contributed by atoms with Gasteiger partial charge in [0.05, 0.1) is 31.7 Å². The number of rotatable bonds is 13. The lowest BCUT2D eigenvalue weighted by atomic mass is 9.91. The highest BCUT2D eigenvalue weighted by Gasteiger charge is 2.47. The van der Waals surface area contributed by atoms with Crippen molar-refractivity contribution >= 4 is 29.6 Å². The van der Waals surface area contributed by atoms with Crippen molar-refractivity contribution in [2.45, 2.75) is 51.3 Å². The van der Waals surface area contributed by atoms with E-state index in [0.717, 1.165) is 16.7 Å². The molecule has 1 spiro atoms. The van der Waals surface area contributed by atoms with E-state index in [1.165, 1.54) is 29.2 Å². The fourth-order valence-electron chi connectivity index (χ4n) is 6.04. The second kappa shape index (κ2) is 14.7. The highest BCUT2D eigenvalue weighted by atomic mass is 19.1. The number of hydrogen-bond acceptors (Lipinski definition) is 8. The second-order valence-electron chi connectivity index (χ2n) is 11.8. The number of benzene rings is 3. The zero-order chi connectivity index (χ0) is 34.4. The molecule has 2 aliphatic rings. The van der Waals surface area contributed by atoms with Crippen LogP contribution in [0.4, 0.5) is 14.9 Å². The largest absolute Gasteiger partial charge is 0.493 e. The van der Waals surface area contributed by atoms with Crippen LogP contribution in [0.25, 0.3) is 11.1 Å². The molecule has 0 bridgehead atoms. The van der Waals surface area contributed by atoms with Crippen LogP contribution in [0, 0.1) is 5.82 Å². The molecule has 5 rings (SSSR count). The van der Waals surface area contributed by atoms with Gasteiger partial charge in [0, 0.05) is 43.7 Å². The molecular formula is C35H38FN3O9. The minimum absolute atomic E-state index is 0.122. The molecule has 48 heavy (non-hydrogen) atoms. The molecule has 1 unspecified atom stereocenters. The van der Waals surface area contributed by atoms with Gasteiger partial charge >= 0.3 is 18.0 Å². The molecule has 13 heteroatoms. The summed E-state index contributed by atoms with van der Waals surface area (Å²) in [6.07, 6.45) is -0.0300. The number of likely N-dealkylation sites (tertiary alicyclic amines) is 1. The third-order valence-electron chi connectivity index (χ3n) is 8.43. The first-order valence-corrected chi connectivity index (χ1v) is 15.8. The van der Waals surface area contributed by atoms with Crippen LogP contribution in [0.5, 0.6) is 11.5 Å². The minimum atomic E-state index is -1.58. The lowest BCUT2D eigenvalue weighted by Crippen LogP contribution is -2.46. The molecule has 2 heterocycles. The van der Waals surface area contributed by atoms with Gasteiger partial charge in [-0.15, -0.1) is 0 Å². The van der Waals surface area contributed by atoms with E-state index in [2.05, 4.69) is 10.2 Å². The average Bonchev–Trinajstić information content (AvgIpc) is 3.37. The smallest absolute Gasteiger partial charge is 0.415 e. The third kappa shape index (κ3) is 7.85. The third-order valence-corrected chi connectivity index (χ3v) is 8.43. The summed E-state index contributed by atoms with van der Waals surface area (Å²) in [7, 11) is 0. The highest BCUT2D eigenvalue weighted by molar-refractivity contribution is 5.98. The number of carbonyl (C=O) groups excluding carboxylic acids is 2. The Balaban J connectivity index is 1.23. The van der Waals surface area contributed by atoms with Crippen LogP contribution in [-0.2, 0) is 20.9 Å². The highest BCUT2D eigenvalue weighted by Crippen LogP contribution is 2.41. The normalized spacial score (nSPS) is 16.3. The van der Waals surface area contributed by atoms with Crippen LogP contribution in [0.15, 0.2) is 60.7 Å². The summed E-state index contributed by atoms with van der Waals surface area (Å²) in [6.45, 7) is 7.02. The zero-order valence-electron chi connectivity index (χ0n) is 26.7. The molecule has 2 aliphatic heterocycles. The first-order chi connectivity index (χ1) is 23.0. The van der Waals surface area contributed by atoms with Crippen LogP contribution in [0.1, 0.15) is 49.0 Å². The van der Waals surface area contributed by atoms with Crippen molar-refractivity contribution in [1.82, 2.24) is 10.2 Å². The summed E-state index contributed by atoms with van der Waals surface area (Å²) in [5.41, 5.74) is 2.53. The van der Waals surface area contributed by atoms with E-state index in [4.69, 9.17) is 19.3 Å². The number of halogens is 1. The van der Waals surface area contributed by atoms with Gasteiger partial charge in [0.1, 0.15) is 29.0 Å². The van der Waals surface area contributed by atoms with Crippen LogP contribution in [-0.4, -0.2) is 83.5 Å². The van der Waals surface area contributed by atoms with Gasteiger partial charge in [0.15, 0.2) is 0 Å². The predicted molar refractivity (Wildman–Crippen MR) is 173 cm³/mol. The quantitative estimate of drug-likeness (QED) is 0.229. The molecule has 0 radical (unpaired) electrons. The Morgan fingerprint density at radius 1 is 0.958 bits per heavy atom. The molecule has 2 amide bonds. The number of aliphatic carboxylic acids is 2. The minimum Gasteiger partial charge on any atom is -0.493 e. The van der Waals surface area contributed by atoms with Gasteiger partial charge < -0.3 is 29.7 Å². The van der Waals surface area contributed by atoms with Gasteiger partial charge in [-0.25, -0.2) is 14.0 Å². The second-order valence-corrected chi connectivity index (χ2v) is 11.8. The molecular weight excluding hydrogens is 625 g/mol. The number of anilines is 1. The van der Waals surface area contributed by atoms with E-state index in [9.17, 15) is 28.7 Å². The van der Waals surface area contributed by atoms with Crippen LogP contribution in [0.3, 0.4) is 0 Å². The monoisotopic (exact) mass is 663 g/mol. The van der Waals surface area contributed by atoms with Gasteiger partial charge in [-0.1, -0.05) is 12.1 Å². The predicted octanol–water partition coefficient (Wildman–Crippen LogP) is 4.94. The van der Waals surface area contributed by atoms with Gasteiger partial charge in [0.2, 0.25) is 0 Å². The van der Waals surface area contributed by atoms with Crippen molar-refractivity contribution in [2.24, 2.45) is 0 Å². The molecule has 2 saturated heterocycles. The molecule has 2 fully saturated rings. The number of carboxylic acid groups (broad SMARTS) is 2. The van der Waals surface area contributed by atoms with Crippen molar-refractivity contribution in [3.8, 4) is 22.6 Å². The Kier molecular flexibility index (Phi) is 10.5. The van der Waals surface area contributed by atoms with E-state index in [-0.39, 0.29) is 11.4 Å². The SMILES string of the molecule is CCOc1cc(CN2CCC3(CC2)CN(c2ccc(C(=O)NC(CC(=O)O)C(=O)O)cc2)C(=O)O3)cc(OCC)c1-c1ccc(F)cc1. The van der Waals surface area contributed by atoms with Gasteiger partial charge in [-0.3, -0.25) is 19.4 Å². The average molecular weight is 664 g/mol. The lowest BCUT2D eigenvalue weighted by Gasteiger charge is -2.37. The molecule has 1 atom stereocenters. The maximum Gasteiger partial charge on any atom is 0.415 e. The van der Waals surface area contributed by atoms with Crippen molar-refractivity contribution in [2.75, 3.05) is 37.7 Å². The number of amides is 2. The zero-order valence-corrected chi connectivity index (χ0v) is 26.7. The molecule has 3 aromatic rings. The van der Waals surface area contributed by atoms with Gasteiger partial charge in [0.25, 0.3) is 5.91 Å². The number of piperidine rings is 1. The summed E-state index contributed by atoms with van der Waals surface area (Å²) in [5.74, 6) is -2.56. The van der Waals surface area contributed by atoms with Gasteiger partial charge in [-0.05, 0) is 73.5 Å². The Morgan fingerprint density at radius 3 is 2.10 bits per heavy atom. The first kappa shape index (κ1) is 34.2. The number of carboxylic acids is 2. The number of nitrogens with one attached hydrogen (secondary N) is 1. The van der Waals surface area contributed by atoms with E-state index in [0.29, 0.717) is 69.4 Å². The molecule has 0 aromatic heterocycles. The number of carbonyl (C=O) groups is 4. The fraction of sp³-hybridized carbons (Fsp3) is 0.371.